The fourth-order valence-electron chi connectivity index (χ4n) is 2.72. The zero-order valence-corrected chi connectivity index (χ0v) is 17.5. The molecule has 10 heteroatoms. The van der Waals surface area contributed by atoms with Gasteiger partial charge in [0.25, 0.3) is 11.4 Å². The van der Waals surface area contributed by atoms with Crippen LogP contribution in [0.4, 0.5) is 0 Å². The van der Waals surface area contributed by atoms with Gasteiger partial charge in [0.05, 0.1) is 21.2 Å². The number of allylic oxidation sites excluding steroid dienone is 3. The SMILES string of the molecule is CCCCC/C=C(\C/C=C(\C/C(=C\CCCCCCC=O)[N+](=O)[O-])[N+](=O)[O-])[N+](=O)[O-]. The Morgan fingerprint density at radius 1 is 0.667 bits per heavy atom. The molecule has 0 spiro atoms. The second kappa shape index (κ2) is 17.0. The molecule has 0 radical (unpaired) electrons. The molecule has 0 fully saturated rings. The first-order chi connectivity index (χ1) is 14.3. The average molecular weight is 425 g/mol. The van der Waals surface area contributed by atoms with E-state index in [0.29, 0.717) is 25.7 Å². The number of nitrogens with zero attached hydrogens (tertiary/aromatic N) is 3. The molecule has 0 unspecified atom stereocenters. The number of hydrogen-bond donors (Lipinski definition) is 0. The minimum atomic E-state index is -0.731. The van der Waals surface area contributed by atoms with Gasteiger partial charge in [-0.25, -0.2) is 0 Å². The lowest BCUT2D eigenvalue weighted by Gasteiger charge is -2.00. The third kappa shape index (κ3) is 13.3. The first-order valence-corrected chi connectivity index (χ1v) is 10.3. The summed E-state index contributed by atoms with van der Waals surface area (Å²) >= 11 is 0. The third-order valence-electron chi connectivity index (χ3n) is 4.46. The van der Waals surface area contributed by atoms with Crippen LogP contribution in [0.5, 0.6) is 0 Å². The van der Waals surface area contributed by atoms with E-state index in [-0.39, 0.29) is 17.8 Å². The van der Waals surface area contributed by atoms with Gasteiger partial charge in [-0.05, 0) is 44.3 Å². The van der Waals surface area contributed by atoms with Crippen LogP contribution >= 0.6 is 0 Å². The Bertz CT molecular complexity index is 669. The van der Waals surface area contributed by atoms with Gasteiger partial charge >= 0.3 is 0 Å². The minimum absolute atomic E-state index is 0.146. The van der Waals surface area contributed by atoms with Crippen molar-refractivity contribution in [2.24, 2.45) is 0 Å². The Kier molecular flexibility index (Phi) is 15.3. The molecule has 10 nitrogen and oxygen atoms in total. The van der Waals surface area contributed by atoms with Gasteiger partial charge in [-0.1, -0.05) is 32.6 Å². The van der Waals surface area contributed by atoms with Crippen molar-refractivity contribution in [3.05, 3.63) is 65.7 Å². The van der Waals surface area contributed by atoms with Gasteiger partial charge in [0, 0.05) is 12.5 Å². The van der Waals surface area contributed by atoms with E-state index >= 15 is 0 Å². The standard InChI is InChI=1S/C20H31N3O7/c1-2-3-4-9-12-18(21(25)26)14-15-20(23(29)30)17-19(22(27)28)13-10-7-5-6-8-11-16-24/h12-13,15-16H,2-11,14,17H2,1H3/b18-12+,19-13+,20-15+. The quantitative estimate of drug-likeness (QED) is 0.124. The summed E-state index contributed by atoms with van der Waals surface area (Å²) in [6.07, 6.45) is 11.2. The van der Waals surface area contributed by atoms with Crippen LogP contribution in [-0.2, 0) is 4.79 Å². The highest BCUT2D eigenvalue weighted by molar-refractivity contribution is 5.48. The van der Waals surface area contributed by atoms with Gasteiger partial charge in [-0.3, -0.25) is 30.3 Å². The largest absolute Gasteiger partial charge is 0.303 e. The first kappa shape index (κ1) is 27.1. The summed E-state index contributed by atoms with van der Waals surface area (Å²) in [6.45, 7) is 2.01. The van der Waals surface area contributed by atoms with Crippen LogP contribution in [0.15, 0.2) is 35.3 Å². The molecule has 0 aliphatic heterocycles. The second-order valence-corrected chi connectivity index (χ2v) is 6.89. The molecule has 0 saturated carbocycles. The van der Waals surface area contributed by atoms with Gasteiger partial charge in [0.2, 0.25) is 5.70 Å². The molecule has 168 valence electrons. The topological polar surface area (TPSA) is 146 Å². The average Bonchev–Trinajstić information content (AvgIpc) is 2.69. The molecule has 0 heterocycles. The number of nitro groups is 3. The number of carbonyl (C=O) groups is 1. The van der Waals surface area contributed by atoms with Gasteiger partial charge in [0.1, 0.15) is 12.7 Å². The summed E-state index contributed by atoms with van der Waals surface area (Å²) in [4.78, 5) is 42.0. The van der Waals surface area contributed by atoms with Gasteiger partial charge in [-0.2, -0.15) is 0 Å². The smallest absolute Gasteiger partial charge is 0.253 e. The number of hydrogen-bond acceptors (Lipinski definition) is 7. The molecule has 0 saturated heterocycles. The van der Waals surface area contributed by atoms with E-state index in [1.165, 1.54) is 12.2 Å². The summed E-state index contributed by atoms with van der Waals surface area (Å²) in [7, 11) is 0. The number of unbranched alkanes of at least 4 members (excludes halogenated alkanes) is 8. The maximum absolute atomic E-state index is 11.3. The van der Waals surface area contributed by atoms with E-state index in [1.807, 2.05) is 6.92 Å². The fraction of sp³-hybridized carbons (Fsp3) is 0.650. The van der Waals surface area contributed by atoms with Crippen molar-refractivity contribution in [3.8, 4) is 0 Å². The lowest BCUT2D eigenvalue weighted by atomic mass is 10.1. The van der Waals surface area contributed by atoms with Crippen molar-refractivity contribution in [1.29, 1.82) is 0 Å². The molecular formula is C20H31N3O7. The summed E-state index contributed by atoms with van der Waals surface area (Å²) in [5, 5.41) is 33.7. The number of aldehydes is 1. The lowest BCUT2D eigenvalue weighted by Crippen LogP contribution is -2.07. The van der Waals surface area contributed by atoms with E-state index in [9.17, 15) is 35.1 Å². The molecule has 0 N–H and O–H groups in total. The molecular weight excluding hydrogens is 394 g/mol. The van der Waals surface area contributed by atoms with Crippen molar-refractivity contribution >= 4 is 6.29 Å². The molecule has 0 bridgehead atoms. The first-order valence-electron chi connectivity index (χ1n) is 10.3. The predicted molar refractivity (Wildman–Crippen MR) is 112 cm³/mol. The maximum Gasteiger partial charge on any atom is 0.253 e. The summed E-state index contributed by atoms with van der Waals surface area (Å²) in [5.41, 5.74) is -0.863. The lowest BCUT2D eigenvalue weighted by molar-refractivity contribution is -0.450. The zero-order valence-electron chi connectivity index (χ0n) is 17.5. The Morgan fingerprint density at radius 2 is 1.13 bits per heavy atom. The maximum atomic E-state index is 11.3. The van der Waals surface area contributed by atoms with E-state index in [1.54, 1.807) is 0 Å². The third-order valence-corrected chi connectivity index (χ3v) is 4.46. The normalized spacial score (nSPS) is 12.6. The molecule has 0 rings (SSSR count). The molecule has 0 aliphatic rings. The highest BCUT2D eigenvalue weighted by Gasteiger charge is 2.22. The van der Waals surface area contributed by atoms with Crippen molar-refractivity contribution in [2.75, 3.05) is 0 Å². The van der Waals surface area contributed by atoms with Crippen molar-refractivity contribution in [2.45, 2.75) is 84.0 Å². The fourth-order valence-corrected chi connectivity index (χ4v) is 2.72. The number of rotatable bonds is 18. The highest BCUT2D eigenvalue weighted by Crippen LogP contribution is 2.18. The summed E-state index contributed by atoms with van der Waals surface area (Å²) in [5.74, 6) is 0. The molecule has 0 aromatic rings. The summed E-state index contributed by atoms with van der Waals surface area (Å²) in [6, 6.07) is 0. The number of carbonyl (C=O) groups excluding carboxylic acids is 1. The Balaban J connectivity index is 5.01. The van der Waals surface area contributed by atoms with Crippen LogP contribution in [0.2, 0.25) is 0 Å². The summed E-state index contributed by atoms with van der Waals surface area (Å²) < 4.78 is 0. The molecule has 0 aromatic heterocycles. The van der Waals surface area contributed by atoms with E-state index in [0.717, 1.165) is 50.9 Å². The van der Waals surface area contributed by atoms with Crippen LogP contribution in [-0.4, -0.2) is 21.1 Å². The molecule has 0 amide bonds. The monoisotopic (exact) mass is 425 g/mol. The van der Waals surface area contributed by atoms with Gasteiger partial charge < -0.3 is 4.79 Å². The van der Waals surface area contributed by atoms with Crippen LogP contribution in [0.25, 0.3) is 0 Å². The van der Waals surface area contributed by atoms with Crippen LogP contribution in [0.3, 0.4) is 0 Å². The highest BCUT2D eigenvalue weighted by atomic mass is 16.6. The van der Waals surface area contributed by atoms with Crippen molar-refractivity contribution < 1.29 is 19.6 Å². The van der Waals surface area contributed by atoms with E-state index < -0.39 is 26.9 Å². The van der Waals surface area contributed by atoms with Crippen LogP contribution in [0, 0.1) is 30.3 Å². The van der Waals surface area contributed by atoms with Gasteiger partial charge in [-0.15, -0.1) is 0 Å². The van der Waals surface area contributed by atoms with Crippen molar-refractivity contribution in [1.82, 2.24) is 0 Å². The molecule has 0 atom stereocenters. The second-order valence-electron chi connectivity index (χ2n) is 6.89. The van der Waals surface area contributed by atoms with Gasteiger partial charge in [0.15, 0.2) is 0 Å². The van der Waals surface area contributed by atoms with E-state index in [4.69, 9.17) is 0 Å². The molecule has 0 aliphatic carbocycles. The van der Waals surface area contributed by atoms with Crippen molar-refractivity contribution in [3.63, 3.8) is 0 Å². The molecule has 0 aromatic carbocycles. The minimum Gasteiger partial charge on any atom is -0.303 e. The Hall–Kier alpha value is -2.91. The molecule has 30 heavy (non-hydrogen) atoms. The Labute approximate surface area is 176 Å². The van der Waals surface area contributed by atoms with Crippen LogP contribution in [0.1, 0.15) is 84.0 Å². The van der Waals surface area contributed by atoms with E-state index in [2.05, 4.69) is 0 Å². The predicted octanol–water partition coefficient (Wildman–Crippen LogP) is 5.37. The zero-order chi connectivity index (χ0) is 22.8. The Morgan fingerprint density at radius 3 is 1.63 bits per heavy atom. The van der Waals surface area contributed by atoms with Crippen LogP contribution < -0.4 is 0 Å².